The number of nitrogens with one attached hydrogen (secondary N) is 2. The molecule has 4 heterocycles. The standard InChI is InChI=1S/C42H59N7O4S/c1-7-49-38-16-13-31(37-26-54-39(46-37)12-10-8-9-11-17-44-45-28-50)22-34(38)36(24-42(4,5)27-53-30(3)51)41(49)35-23-33(25-43-40(35)29(2)52-6)48-20-18-47(19-21-48)32-14-15-32/h13,16,22-23,25-26,28-29,32,44H,7-12,14-15,17-21,24,27H2,1-6H3,(H,45,50). The SMILES string of the molecule is CCn1c(-c2cc(N3CCN(C4CC4)CC3)cnc2C(C)OC)c(CC(C)(C)COC(C)=O)c2cc(-c3csc(CCCCCCNNC=O)n3)ccc21. The van der Waals surface area contributed by atoms with E-state index in [0.717, 1.165) is 116 Å². The van der Waals surface area contributed by atoms with Crippen LogP contribution in [0.3, 0.4) is 0 Å². The van der Waals surface area contributed by atoms with E-state index in [2.05, 4.69) is 82.6 Å². The summed E-state index contributed by atoms with van der Waals surface area (Å²) < 4.78 is 14.0. The summed E-state index contributed by atoms with van der Waals surface area (Å²) in [4.78, 5) is 37.7. The van der Waals surface area contributed by atoms with Crippen LogP contribution < -0.4 is 15.8 Å². The predicted octanol–water partition coefficient (Wildman–Crippen LogP) is 7.32. The summed E-state index contributed by atoms with van der Waals surface area (Å²) in [7, 11) is 1.75. The minimum Gasteiger partial charge on any atom is -0.465 e. The van der Waals surface area contributed by atoms with Crippen LogP contribution in [0.1, 0.15) is 95.5 Å². The van der Waals surface area contributed by atoms with Crippen molar-refractivity contribution in [1.82, 2.24) is 30.3 Å². The number of carbonyl (C=O) groups is 2. The lowest BCUT2D eigenvalue weighted by Gasteiger charge is -2.36. The number of hydrogen-bond donors (Lipinski definition) is 2. The van der Waals surface area contributed by atoms with Crippen molar-refractivity contribution in [2.45, 2.75) is 105 Å². The third kappa shape index (κ3) is 9.69. The molecule has 12 heteroatoms. The molecule has 1 aliphatic carbocycles. The van der Waals surface area contributed by atoms with Gasteiger partial charge in [0.1, 0.15) is 0 Å². The molecule has 11 nitrogen and oxygen atoms in total. The second-order valence-electron chi connectivity index (χ2n) is 15.7. The minimum absolute atomic E-state index is 0.203. The van der Waals surface area contributed by atoms with Crippen LogP contribution in [-0.2, 0) is 38.4 Å². The lowest BCUT2D eigenvalue weighted by Crippen LogP contribution is -2.47. The van der Waals surface area contributed by atoms with E-state index in [1.54, 1.807) is 18.4 Å². The van der Waals surface area contributed by atoms with Gasteiger partial charge in [0.05, 0.1) is 46.7 Å². The predicted molar refractivity (Wildman–Crippen MR) is 218 cm³/mol. The van der Waals surface area contributed by atoms with Crippen LogP contribution in [0.5, 0.6) is 0 Å². The number of carbonyl (C=O) groups excluding carboxylic acids is 2. The summed E-state index contributed by atoms with van der Waals surface area (Å²) in [6, 6.07) is 9.90. The van der Waals surface area contributed by atoms with E-state index in [-0.39, 0.29) is 17.5 Å². The average molecular weight is 758 g/mol. The summed E-state index contributed by atoms with van der Waals surface area (Å²) in [5.74, 6) is -0.264. The third-order valence-electron chi connectivity index (χ3n) is 10.9. The van der Waals surface area contributed by atoms with Crippen LogP contribution in [0.15, 0.2) is 35.8 Å². The Balaban J connectivity index is 1.36. The van der Waals surface area contributed by atoms with Crippen molar-refractivity contribution in [1.29, 1.82) is 0 Å². The Morgan fingerprint density at radius 3 is 2.59 bits per heavy atom. The third-order valence-corrected chi connectivity index (χ3v) is 11.8. The van der Waals surface area contributed by atoms with Crippen molar-refractivity contribution in [3.8, 4) is 22.5 Å². The molecule has 54 heavy (non-hydrogen) atoms. The number of benzene rings is 1. The normalized spacial score (nSPS) is 15.9. The van der Waals surface area contributed by atoms with Crippen LogP contribution in [0, 0.1) is 5.41 Å². The number of nitrogens with zero attached hydrogens (tertiary/aromatic N) is 5. The van der Waals surface area contributed by atoms with Gasteiger partial charge in [0.15, 0.2) is 0 Å². The maximum absolute atomic E-state index is 12.0. The van der Waals surface area contributed by atoms with Gasteiger partial charge < -0.3 is 18.9 Å². The molecule has 3 aromatic heterocycles. The largest absolute Gasteiger partial charge is 0.465 e. The fraction of sp³-hybridized carbons (Fsp3) is 0.571. The lowest BCUT2D eigenvalue weighted by molar-refractivity contribution is -0.143. The van der Waals surface area contributed by atoms with E-state index in [0.29, 0.717) is 19.4 Å². The Morgan fingerprint density at radius 2 is 1.89 bits per heavy atom. The molecule has 4 aromatic rings. The lowest BCUT2D eigenvalue weighted by atomic mass is 9.84. The molecule has 1 aromatic carbocycles. The zero-order chi connectivity index (χ0) is 38.2. The molecule has 6 rings (SSSR count). The monoisotopic (exact) mass is 757 g/mol. The number of fused-ring (bicyclic) bond motifs is 1. The average Bonchev–Trinajstić information content (AvgIpc) is 3.85. The number of aryl methyl sites for hydroxylation is 2. The number of aromatic nitrogens is 3. The van der Waals surface area contributed by atoms with E-state index in [1.807, 2.05) is 6.20 Å². The number of piperazine rings is 1. The molecule has 1 saturated heterocycles. The van der Waals surface area contributed by atoms with E-state index >= 15 is 0 Å². The van der Waals surface area contributed by atoms with Crippen molar-refractivity contribution in [3.63, 3.8) is 0 Å². The number of thiazole rings is 1. The molecule has 2 aliphatic rings. The second-order valence-corrected chi connectivity index (χ2v) is 16.6. The van der Waals surface area contributed by atoms with Crippen LogP contribution in [0.25, 0.3) is 33.4 Å². The molecule has 2 fully saturated rings. The van der Waals surface area contributed by atoms with Gasteiger partial charge in [-0.25, -0.2) is 10.4 Å². The molecule has 292 valence electrons. The number of esters is 1. The molecule has 1 amide bonds. The Bertz CT molecular complexity index is 1880. The van der Waals surface area contributed by atoms with Crippen LogP contribution in [-0.4, -0.2) is 84.3 Å². The Morgan fingerprint density at radius 1 is 1.11 bits per heavy atom. The minimum atomic E-state index is -0.324. The van der Waals surface area contributed by atoms with Crippen molar-refractivity contribution >= 4 is 40.3 Å². The number of amides is 1. The molecule has 0 radical (unpaired) electrons. The highest BCUT2D eigenvalue weighted by atomic mass is 32.1. The molecule has 0 spiro atoms. The van der Waals surface area contributed by atoms with Crippen molar-refractivity contribution in [2.75, 3.05) is 51.3 Å². The number of unbranched alkanes of at least 4 members (excludes halogenated alkanes) is 3. The van der Waals surface area contributed by atoms with Crippen molar-refractivity contribution < 1.29 is 19.1 Å². The molecule has 0 bridgehead atoms. The highest BCUT2D eigenvalue weighted by Gasteiger charge is 2.33. The number of hydrazine groups is 1. The number of hydrogen-bond acceptors (Lipinski definition) is 10. The van der Waals surface area contributed by atoms with Gasteiger partial charge in [-0.2, -0.15) is 0 Å². The summed E-state index contributed by atoms with van der Waals surface area (Å²) in [6.07, 6.45) is 11.2. The summed E-state index contributed by atoms with van der Waals surface area (Å²) in [5.41, 5.74) is 13.9. The Labute approximate surface area is 324 Å². The van der Waals surface area contributed by atoms with Gasteiger partial charge in [-0.05, 0) is 76.1 Å². The van der Waals surface area contributed by atoms with Crippen LogP contribution in [0.2, 0.25) is 0 Å². The maximum atomic E-state index is 12.0. The van der Waals surface area contributed by atoms with Crippen LogP contribution >= 0.6 is 11.3 Å². The van der Waals surface area contributed by atoms with E-state index in [4.69, 9.17) is 19.4 Å². The zero-order valence-electron chi connectivity index (χ0n) is 33.1. The number of ether oxygens (including phenoxy) is 2. The molecule has 1 unspecified atom stereocenters. The first-order valence-electron chi connectivity index (χ1n) is 19.8. The Kier molecular flexibility index (Phi) is 13.4. The zero-order valence-corrected chi connectivity index (χ0v) is 33.9. The summed E-state index contributed by atoms with van der Waals surface area (Å²) in [5, 5.41) is 4.52. The van der Waals surface area contributed by atoms with Crippen LogP contribution in [0.4, 0.5) is 5.69 Å². The molecule has 1 aliphatic heterocycles. The number of pyridine rings is 1. The number of rotatable bonds is 20. The first-order chi connectivity index (χ1) is 26.1. The van der Waals surface area contributed by atoms with Gasteiger partial charge in [0.2, 0.25) is 6.41 Å². The first-order valence-corrected chi connectivity index (χ1v) is 20.7. The van der Waals surface area contributed by atoms with E-state index in [1.165, 1.54) is 36.2 Å². The van der Waals surface area contributed by atoms with Gasteiger partial charge >= 0.3 is 5.97 Å². The van der Waals surface area contributed by atoms with Gasteiger partial charge in [-0.15, -0.1) is 11.3 Å². The molecule has 1 atom stereocenters. The fourth-order valence-electron chi connectivity index (χ4n) is 7.79. The maximum Gasteiger partial charge on any atom is 0.302 e. The number of methoxy groups -OCH3 is 1. The molecule has 1 saturated carbocycles. The van der Waals surface area contributed by atoms with Gasteiger partial charge in [-0.1, -0.05) is 32.8 Å². The van der Waals surface area contributed by atoms with E-state index in [9.17, 15) is 9.59 Å². The van der Waals surface area contributed by atoms with Gasteiger partial charge in [0.25, 0.3) is 0 Å². The topological polar surface area (TPSA) is 114 Å². The molecular weight excluding hydrogens is 699 g/mol. The summed E-state index contributed by atoms with van der Waals surface area (Å²) in [6.45, 7) is 16.2. The van der Waals surface area contributed by atoms with Gasteiger partial charge in [-0.3, -0.25) is 24.9 Å². The smallest absolute Gasteiger partial charge is 0.302 e. The first kappa shape index (κ1) is 39.8. The second kappa shape index (κ2) is 18.2. The van der Waals surface area contributed by atoms with Crippen molar-refractivity contribution in [2.24, 2.45) is 5.41 Å². The fourth-order valence-corrected chi connectivity index (χ4v) is 8.64. The van der Waals surface area contributed by atoms with Gasteiger partial charge in [0, 0.05) is 92.2 Å². The quantitative estimate of drug-likeness (QED) is 0.0415. The summed E-state index contributed by atoms with van der Waals surface area (Å²) >= 11 is 1.73. The van der Waals surface area contributed by atoms with E-state index < -0.39 is 0 Å². The Hall–Kier alpha value is -3.84. The highest BCUT2D eigenvalue weighted by molar-refractivity contribution is 7.09. The molecular formula is C42H59N7O4S. The number of anilines is 1. The molecule has 2 N–H and O–H groups in total. The highest BCUT2D eigenvalue weighted by Crippen LogP contribution is 2.43. The van der Waals surface area contributed by atoms with Crippen molar-refractivity contribution in [3.05, 3.63) is 52.1 Å².